The molecule has 1 amide bonds. The molecule has 0 fully saturated rings. The van der Waals surface area contributed by atoms with Gasteiger partial charge in [-0.05, 0) is 56.6 Å². The normalized spacial score (nSPS) is 11.2. The van der Waals surface area contributed by atoms with Crippen LogP contribution in [0.5, 0.6) is 0 Å². The summed E-state index contributed by atoms with van der Waals surface area (Å²) in [4.78, 5) is 10.6. The maximum absolute atomic E-state index is 10.6. The van der Waals surface area contributed by atoms with E-state index in [0.717, 1.165) is 32.1 Å². The predicted molar refractivity (Wildman–Crippen MR) is 200 cm³/mol. The van der Waals surface area contributed by atoms with Gasteiger partial charge in [-0.2, -0.15) is 0 Å². The minimum absolute atomic E-state index is 0.0332. The molecule has 5 heteroatoms. The molecule has 3 aromatic rings. The Morgan fingerprint density at radius 3 is 1.66 bits per heavy atom. The number of hydrogen-bond donors (Lipinski definition) is 2. The first-order valence-electron chi connectivity index (χ1n) is 18.6. The van der Waals surface area contributed by atoms with E-state index in [4.69, 9.17) is 15.6 Å². The van der Waals surface area contributed by atoms with E-state index in [0.29, 0.717) is 6.54 Å². The Bertz CT molecular complexity index is 1320. The molecular weight excluding hydrogens is 580 g/mol. The van der Waals surface area contributed by atoms with Crippen LogP contribution in [0.15, 0.2) is 48.5 Å². The van der Waals surface area contributed by atoms with Crippen LogP contribution in [-0.4, -0.2) is 28.5 Å². The number of fused-ring (bicyclic) bond motifs is 3. The minimum atomic E-state index is -0.654. The van der Waals surface area contributed by atoms with Gasteiger partial charge >= 0.3 is 6.09 Å². The van der Waals surface area contributed by atoms with E-state index >= 15 is 0 Å². The molecule has 5 nitrogen and oxygen atoms in total. The molecule has 0 aliphatic heterocycles. The van der Waals surface area contributed by atoms with Gasteiger partial charge in [0, 0.05) is 34.8 Å². The Morgan fingerprint density at radius 1 is 0.702 bits per heavy atom. The number of carbonyl (C=O) groups excluding carboxylic acids is 1. The fraction of sp³-hybridized carbons (Fsp3) is 0.595. The summed E-state index contributed by atoms with van der Waals surface area (Å²) in [7, 11) is 0. The first-order chi connectivity index (χ1) is 23.1. The summed E-state index contributed by atoms with van der Waals surface area (Å²) in [6, 6.07) is 16.9. The van der Waals surface area contributed by atoms with Crippen LogP contribution in [0.25, 0.3) is 21.8 Å². The molecule has 2 aromatic carbocycles. The number of benzene rings is 2. The van der Waals surface area contributed by atoms with Crippen molar-refractivity contribution in [2.24, 2.45) is 5.73 Å². The van der Waals surface area contributed by atoms with E-state index < -0.39 is 6.09 Å². The zero-order valence-electron chi connectivity index (χ0n) is 29.5. The van der Waals surface area contributed by atoms with Crippen LogP contribution in [0, 0.1) is 23.7 Å². The van der Waals surface area contributed by atoms with Crippen molar-refractivity contribution in [1.82, 2.24) is 4.57 Å². The van der Waals surface area contributed by atoms with Gasteiger partial charge in [0.2, 0.25) is 0 Å². The van der Waals surface area contributed by atoms with Crippen LogP contribution in [0.1, 0.15) is 142 Å². The van der Waals surface area contributed by atoms with Gasteiger partial charge < -0.3 is 20.1 Å². The Kier molecular flexibility index (Phi) is 22.5. The van der Waals surface area contributed by atoms with Gasteiger partial charge in [-0.15, -0.1) is 0 Å². The second-order valence-corrected chi connectivity index (χ2v) is 12.7. The van der Waals surface area contributed by atoms with Gasteiger partial charge in [-0.1, -0.05) is 151 Å². The quantitative estimate of drug-likeness (QED) is 0.0845. The van der Waals surface area contributed by atoms with Crippen LogP contribution in [0.2, 0.25) is 0 Å². The molecule has 1 unspecified atom stereocenters. The Balaban J connectivity index is 0.000000327. The number of aliphatic hydroxyl groups is 1. The average Bonchev–Trinajstić information content (AvgIpc) is 3.39. The molecule has 0 aliphatic carbocycles. The second-order valence-electron chi connectivity index (χ2n) is 12.7. The molecule has 3 N–H and O–H groups in total. The molecule has 1 aromatic heterocycles. The highest BCUT2D eigenvalue weighted by molar-refractivity contribution is 6.08. The van der Waals surface area contributed by atoms with E-state index in [2.05, 4.69) is 83.7 Å². The number of rotatable bonds is 22. The minimum Gasteiger partial charge on any atom is -0.447 e. The van der Waals surface area contributed by atoms with Gasteiger partial charge in [0.25, 0.3) is 0 Å². The number of unbranched alkanes of at least 4 members (excludes halogenated alkanes) is 17. The summed E-state index contributed by atoms with van der Waals surface area (Å²) in [5.74, 6) is 12.0. The van der Waals surface area contributed by atoms with Gasteiger partial charge in [-0.25, -0.2) is 4.79 Å². The van der Waals surface area contributed by atoms with Crippen molar-refractivity contribution < 1.29 is 14.6 Å². The summed E-state index contributed by atoms with van der Waals surface area (Å²) in [5, 5.41) is 11.2. The number of nitrogens with two attached hydrogens (primary N) is 1. The van der Waals surface area contributed by atoms with Crippen LogP contribution in [0.3, 0.4) is 0 Å². The lowest BCUT2D eigenvalue weighted by Gasteiger charge is -2.10. The van der Waals surface area contributed by atoms with E-state index in [1.54, 1.807) is 0 Å². The van der Waals surface area contributed by atoms with Crippen molar-refractivity contribution in [3.05, 3.63) is 48.5 Å². The van der Waals surface area contributed by atoms with E-state index in [1.165, 1.54) is 118 Å². The molecule has 0 radical (unpaired) electrons. The Morgan fingerprint density at radius 2 is 1.17 bits per heavy atom. The van der Waals surface area contributed by atoms with Crippen LogP contribution in [0.4, 0.5) is 4.79 Å². The van der Waals surface area contributed by atoms with Crippen molar-refractivity contribution in [2.45, 2.75) is 155 Å². The van der Waals surface area contributed by atoms with E-state index in [-0.39, 0.29) is 12.7 Å². The number of ether oxygens (including phenoxy) is 1. The number of carbonyl (C=O) groups is 1. The molecule has 3 rings (SSSR count). The monoisotopic (exact) mass is 642 g/mol. The summed E-state index contributed by atoms with van der Waals surface area (Å²) in [6.07, 6.45) is 24.9. The largest absolute Gasteiger partial charge is 0.447 e. The molecule has 0 spiro atoms. The van der Waals surface area contributed by atoms with E-state index in [1.807, 2.05) is 6.92 Å². The lowest BCUT2D eigenvalue weighted by molar-refractivity contribution is 0.110. The van der Waals surface area contributed by atoms with Crippen molar-refractivity contribution in [3.8, 4) is 23.7 Å². The Labute approximate surface area is 286 Å². The van der Waals surface area contributed by atoms with Crippen molar-refractivity contribution in [1.29, 1.82) is 0 Å². The predicted octanol–water partition coefficient (Wildman–Crippen LogP) is 11.1. The summed E-state index contributed by atoms with van der Waals surface area (Å²) in [6.45, 7) is 5.07. The number of aromatic nitrogens is 1. The molecule has 0 aliphatic rings. The zero-order valence-corrected chi connectivity index (χ0v) is 29.5. The van der Waals surface area contributed by atoms with Crippen molar-refractivity contribution in [3.63, 3.8) is 0 Å². The maximum atomic E-state index is 10.6. The summed E-state index contributed by atoms with van der Waals surface area (Å²) < 4.78 is 7.15. The first kappa shape index (κ1) is 39.8. The van der Waals surface area contributed by atoms with Crippen LogP contribution in [-0.2, 0) is 11.3 Å². The fourth-order valence-corrected chi connectivity index (χ4v) is 6.01. The fourth-order valence-electron chi connectivity index (χ4n) is 6.01. The highest BCUT2D eigenvalue weighted by Gasteiger charge is 2.08. The number of hydrogen-bond acceptors (Lipinski definition) is 3. The third-order valence-corrected chi connectivity index (χ3v) is 8.65. The molecule has 0 saturated carbocycles. The maximum Gasteiger partial charge on any atom is 0.404 e. The number of primary amides is 1. The molecule has 1 atom stereocenters. The highest BCUT2D eigenvalue weighted by atomic mass is 16.6. The zero-order chi connectivity index (χ0) is 33.8. The molecule has 0 bridgehead atoms. The standard InChI is InChI=1S/C21H43NO2.C21H19NO/c1-3-4-5-6-7-8-9-10-11-12-13-14-15-16-17-18-19-20(2)24-21(22)23;23-17-11-5-3-1-2-4-10-16-22-20-14-8-6-12-18(20)19-13-7-9-15-21(19)22/h20H,3-19H2,1-2H3,(H2,22,23);6-9,12-15,23H,3,5,11,16-17H2. The SMILES string of the molecule is CCCCCCCCCCCCCCCCCCC(C)OC(N)=O.OCCCCC#CC#CCn1c2ccccc2c2ccccc21. The third-order valence-electron chi connectivity index (χ3n) is 8.65. The molecule has 258 valence electrons. The molecular formula is C42H62N2O3. The number of aliphatic hydroxyl groups excluding tert-OH is 1. The van der Waals surface area contributed by atoms with Crippen LogP contribution < -0.4 is 5.73 Å². The topological polar surface area (TPSA) is 77.5 Å². The van der Waals surface area contributed by atoms with Crippen molar-refractivity contribution >= 4 is 27.9 Å². The molecule has 1 heterocycles. The van der Waals surface area contributed by atoms with Gasteiger partial charge in [-0.3, -0.25) is 0 Å². The Hall–Kier alpha value is -3.41. The van der Waals surface area contributed by atoms with Gasteiger partial charge in [0.05, 0.1) is 6.54 Å². The lowest BCUT2D eigenvalue weighted by Crippen LogP contribution is -2.20. The molecule has 47 heavy (non-hydrogen) atoms. The van der Waals surface area contributed by atoms with Gasteiger partial charge in [0.15, 0.2) is 0 Å². The summed E-state index contributed by atoms with van der Waals surface area (Å²) >= 11 is 0. The molecule has 0 saturated heterocycles. The number of nitrogens with zero attached hydrogens (tertiary/aromatic N) is 1. The second kappa shape index (κ2) is 26.6. The average molecular weight is 643 g/mol. The lowest BCUT2D eigenvalue weighted by atomic mass is 10.0. The summed E-state index contributed by atoms with van der Waals surface area (Å²) in [5.41, 5.74) is 7.41. The van der Waals surface area contributed by atoms with Crippen molar-refractivity contribution in [2.75, 3.05) is 6.61 Å². The van der Waals surface area contributed by atoms with Gasteiger partial charge in [0.1, 0.15) is 6.10 Å². The first-order valence-corrected chi connectivity index (χ1v) is 18.6. The third kappa shape index (κ3) is 17.9. The smallest absolute Gasteiger partial charge is 0.404 e. The highest BCUT2D eigenvalue weighted by Crippen LogP contribution is 2.28. The number of amides is 1. The number of para-hydroxylation sites is 2. The van der Waals surface area contributed by atoms with Crippen LogP contribution >= 0.6 is 0 Å². The van der Waals surface area contributed by atoms with E-state index in [9.17, 15) is 4.79 Å².